The molecule has 0 atom stereocenters. The van der Waals surface area contributed by atoms with Gasteiger partial charge in [-0.25, -0.2) is 4.68 Å². The lowest BCUT2D eigenvalue weighted by molar-refractivity contribution is -0.136. The van der Waals surface area contributed by atoms with Gasteiger partial charge in [-0.3, -0.25) is 4.79 Å². The molecule has 0 bridgehead atoms. The van der Waals surface area contributed by atoms with Crippen molar-refractivity contribution in [1.82, 2.24) is 9.78 Å². The van der Waals surface area contributed by atoms with Crippen LogP contribution in [0.3, 0.4) is 0 Å². The number of rotatable bonds is 2. The molecular weight excluding hydrogens is 184 g/mol. The van der Waals surface area contributed by atoms with Crippen LogP contribution in [0.25, 0.3) is 0 Å². The van der Waals surface area contributed by atoms with E-state index in [1.807, 2.05) is 6.92 Å². The standard InChI is InChI=1S/C9H12N2O3/c1-6-7(5-8(12)13)9-11(10-6)3-2-4-14-9/h2-5H2,1H3,(H,12,13). The molecule has 0 unspecified atom stereocenters. The van der Waals surface area contributed by atoms with Gasteiger partial charge in [0.25, 0.3) is 0 Å². The maximum Gasteiger partial charge on any atom is 0.308 e. The monoisotopic (exact) mass is 196 g/mol. The van der Waals surface area contributed by atoms with Gasteiger partial charge in [0, 0.05) is 18.5 Å². The first-order valence-corrected chi connectivity index (χ1v) is 4.59. The predicted octanol–water partition coefficient (Wildman–Crippen LogP) is 0.601. The third-order valence-corrected chi connectivity index (χ3v) is 2.28. The molecule has 0 aromatic carbocycles. The summed E-state index contributed by atoms with van der Waals surface area (Å²) >= 11 is 0. The van der Waals surface area contributed by atoms with Crippen LogP contribution < -0.4 is 4.74 Å². The number of fused-ring (bicyclic) bond motifs is 1. The van der Waals surface area contributed by atoms with Crippen molar-refractivity contribution in [2.45, 2.75) is 26.3 Å². The number of hydrogen-bond donors (Lipinski definition) is 1. The lowest BCUT2D eigenvalue weighted by Crippen LogP contribution is -2.15. The molecule has 0 spiro atoms. The first-order chi connectivity index (χ1) is 6.68. The van der Waals surface area contributed by atoms with Crippen LogP contribution >= 0.6 is 0 Å². The summed E-state index contributed by atoms with van der Waals surface area (Å²) in [5, 5.41) is 13.0. The number of ether oxygens (including phenoxy) is 1. The van der Waals surface area contributed by atoms with Crippen molar-refractivity contribution >= 4 is 5.97 Å². The Morgan fingerprint density at radius 3 is 3.21 bits per heavy atom. The molecule has 14 heavy (non-hydrogen) atoms. The zero-order valence-electron chi connectivity index (χ0n) is 7.99. The van der Waals surface area contributed by atoms with Crippen LogP contribution in [-0.4, -0.2) is 27.5 Å². The average Bonchev–Trinajstić information content (AvgIpc) is 2.43. The third-order valence-electron chi connectivity index (χ3n) is 2.28. The normalized spacial score (nSPS) is 14.6. The number of hydrogen-bond acceptors (Lipinski definition) is 3. The van der Waals surface area contributed by atoms with Crippen molar-refractivity contribution in [3.05, 3.63) is 11.3 Å². The summed E-state index contributed by atoms with van der Waals surface area (Å²) < 4.78 is 7.16. The van der Waals surface area contributed by atoms with Crippen molar-refractivity contribution in [2.24, 2.45) is 0 Å². The molecule has 0 fully saturated rings. The largest absolute Gasteiger partial charge is 0.481 e. The molecule has 1 N–H and O–H groups in total. The zero-order chi connectivity index (χ0) is 10.1. The topological polar surface area (TPSA) is 64.4 Å². The van der Waals surface area contributed by atoms with Gasteiger partial charge in [-0.1, -0.05) is 0 Å². The van der Waals surface area contributed by atoms with Gasteiger partial charge in [0.2, 0.25) is 5.88 Å². The highest BCUT2D eigenvalue weighted by Gasteiger charge is 2.21. The maximum absolute atomic E-state index is 10.6. The van der Waals surface area contributed by atoms with Gasteiger partial charge in [0.1, 0.15) is 0 Å². The van der Waals surface area contributed by atoms with Crippen LogP contribution in [0.5, 0.6) is 5.88 Å². The second kappa shape index (κ2) is 3.32. The molecule has 5 nitrogen and oxygen atoms in total. The minimum atomic E-state index is -0.849. The van der Waals surface area contributed by atoms with E-state index in [1.54, 1.807) is 4.68 Å². The molecule has 76 valence electrons. The summed E-state index contributed by atoms with van der Waals surface area (Å²) in [6, 6.07) is 0. The van der Waals surface area contributed by atoms with Crippen molar-refractivity contribution in [3.8, 4) is 5.88 Å². The van der Waals surface area contributed by atoms with E-state index < -0.39 is 5.97 Å². The van der Waals surface area contributed by atoms with Gasteiger partial charge in [-0.05, 0) is 6.92 Å². The molecule has 1 aliphatic rings. The first kappa shape index (κ1) is 9.05. The summed E-state index contributed by atoms with van der Waals surface area (Å²) in [6.45, 7) is 3.28. The quantitative estimate of drug-likeness (QED) is 0.752. The van der Waals surface area contributed by atoms with E-state index >= 15 is 0 Å². The van der Waals surface area contributed by atoms with Crippen LogP contribution in [0.15, 0.2) is 0 Å². The molecule has 0 radical (unpaired) electrons. The number of aryl methyl sites for hydroxylation is 2. The Labute approximate surface area is 81.3 Å². The number of nitrogens with zero attached hydrogens (tertiary/aromatic N) is 2. The molecule has 0 amide bonds. The molecule has 1 aliphatic heterocycles. The number of carbonyl (C=O) groups is 1. The van der Waals surface area contributed by atoms with Crippen LogP contribution in [0.4, 0.5) is 0 Å². The Hall–Kier alpha value is -1.52. The van der Waals surface area contributed by atoms with E-state index in [4.69, 9.17) is 9.84 Å². The second-order valence-electron chi connectivity index (χ2n) is 3.36. The smallest absolute Gasteiger partial charge is 0.308 e. The molecule has 5 heteroatoms. The lowest BCUT2D eigenvalue weighted by atomic mass is 10.2. The fourth-order valence-electron chi connectivity index (χ4n) is 1.65. The number of aliphatic carboxylic acids is 1. The van der Waals surface area contributed by atoms with Gasteiger partial charge in [-0.15, -0.1) is 0 Å². The number of aromatic nitrogens is 2. The van der Waals surface area contributed by atoms with Crippen molar-refractivity contribution in [2.75, 3.05) is 6.61 Å². The van der Waals surface area contributed by atoms with Crippen molar-refractivity contribution in [3.63, 3.8) is 0 Å². The minimum Gasteiger partial charge on any atom is -0.481 e. The number of carboxylic acid groups (broad SMARTS) is 1. The van der Waals surface area contributed by atoms with Crippen LogP contribution in [0.1, 0.15) is 17.7 Å². The van der Waals surface area contributed by atoms with Crippen LogP contribution in [-0.2, 0) is 17.8 Å². The molecule has 0 saturated heterocycles. The van der Waals surface area contributed by atoms with Crippen LogP contribution in [0, 0.1) is 6.92 Å². The Morgan fingerprint density at radius 2 is 2.50 bits per heavy atom. The van der Waals surface area contributed by atoms with Crippen LogP contribution in [0.2, 0.25) is 0 Å². The summed E-state index contributed by atoms with van der Waals surface area (Å²) in [4.78, 5) is 10.6. The lowest BCUT2D eigenvalue weighted by Gasteiger charge is -2.15. The highest BCUT2D eigenvalue weighted by atomic mass is 16.5. The Balaban J connectivity index is 2.37. The van der Waals surface area contributed by atoms with E-state index in [9.17, 15) is 4.79 Å². The predicted molar refractivity (Wildman–Crippen MR) is 48.4 cm³/mol. The fourth-order valence-corrected chi connectivity index (χ4v) is 1.65. The summed E-state index contributed by atoms with van der Waals surface area (Å²) in [7, 11) is 0. The van der Waals surface area contributed by atoms with Gasteiger partial charge >= 0.3 is 5.97 Å². The third kappa shape index (κ3) is 1.45. The van der Waals surface area contributed by atoms with E-state index in [2.05, 4.69) is 5.10 Å². The SMILES string of the molecule is Cc1nn2c(c1CC(=O)O)OCCC2. The molecular formula is C9H12N2O3. The molecule has 0 saturated carbocycles. The van der Waals surface area contributed by atoms with Gasteiger partial charge in [0.05, 0.1) is 18.7 Å². The minimum absolute atomic E-state index is 0.0127. The zero-order valence-corrected chi connectivity index (χ0v) is 7.99. The van der Waals surface area contributed by atoms with Gasteiger partial charge < -0.3 is 9.84 Å². The Kier molecular flexibility index (Phi) is 2.15. The Bertz CT molecular complexity index is 370. The first-order valence-electron chi connectivity index (χ1n) is 4.59. The fraction of sp³-hybridized carbons (Fsp3) is 0.556. The summed E-state index contributed by atoms with van der Waals surface area (Å²) in [5.74, 6) is -0.214. The number of carboxylic acids is 1. The van der Waals surface area contributed by atoms with E-state index in [0.29, 0.717) is 18.1 Å². The molecule has 2 rings (SSSR count). The van der Waals surface area contributed by atoms with Crippen molar-refractivity contribution < 1.29 is 14.6 Å². The molecule has 1 aromatic heterocycles. The average molecular weight is 196 g/mol. The van der Waals surface area contributed by atoms with Gasteiger partial charge in [-0.2, -0.15) is 5.10 Å². The highest BCUT2D eigenvalue weighted by molar-refractivity contribution is 5.71. The second-order valence-corrected chi connectivity index (χ2v) is 3.36. The highest BCUT2D eigenvalue weighted by Crippen LogP contribution is 2.25. The van der Waals surface area contributed by atoms with Crippen molar-refractivity contribution in [1.29, 1.82) is 0 Å². The van der Waals surface area contributed by atoms with E-state index in [1.165, 1.54) is 0 Å². The van der Waals surface area contributed by atoms with E-state index in [0.717, 1.165) is 18.7 Å². The molecule has 2 heterocycles. The van der Waals surface area contributed by atoms with E-state index in [-0.39, 0.29) is 6.42 Å². The maximum atomic E-state index is 10.6. The van der Waals surface area contributed by atoms with Gasteiger partial charge in [0.15, 0.2) is 0 Å². The summed E-state index contributed by atoms with van der Waals surface area (Å²) in [6.07, 6.45) is 0.918. The molecule has 1 aromatic rings. The summed E-state index contributed by atoms with van der Waals surface area (Å²) in [5.41, 5.74) is 1.46. The Morgan fingerprint density at radius 1 is 1.71 bits per heavy atom. The molecule has 0 aliphatic carbocycles.